The molecular formula is C8H7N. The van der Waals surface area contributed by atoms with Crippen molar-refractivity contribution in [3.63, 3.8) is 0 Å². The van der Waals surface area contributed by atoms with Gasteiger partial charge in [0.25, 0.3) is 0 Å². The van der Waals surface area contributed by atoms with Gasteiger partial charge in [-0.3, -0.25) is 4.99 Å². The summed E-state index contributed by atoms with van der Waals surface area (Å²) in [4.78, 5) is 4.14. The second-order valence-electron chi connectivity index (χ2n) is 2.32. The van der Waals surface area contributed by atoms with Gasteiger partial charge in [0.1, 0.15) is 0 Å². The lowest BCUT2D eigenvalue weighted by molar-refractivity contribution is 1.43. The first-order chi connectivity index (χ1) is 4.36. The van der Waals surface area contributed by atoms with Crippen molar-refractivity contribution in [2.75, 3.05) is 0 Å². The Hall–Kier alpha value is -1.11. The fourth-order valence-electron chi connectivity index (χ4n) is 1.10. The van der Waals surface area contributed by atoms with E-state index in [2.05, 4.69) is 24.1 Å². The minimum absolute atomic E-state index is 1.12. The first-order valence-electron chi connectivity index (χ1n) is 3.01. The largest absolute Gasteiger partial charge is 0.256 e. The van der Waals surface area contributed by atoms with E-state index in [4.69, 9.17) is 0 Å². The summed E-state index contributed by atoms with van der Waals surface area (Å²) in [6.45, 7) is 2.08. The van der Waals surface area contributed by atoms with Crippen molar-refractivity contribution in [3.8, 4) is 0 Å². The van der Waals surface area contributed by atoms with Crippen LogP contribution in [0.25, 0.3) is 0 Å². The molecule has 0 unspecified atom stereocenters. The third-order valence-corrected chi connectivity index (χ3v) is 1.51. The summed E-state index contributed by atoms with van der Waals surface area (Å²) < 4.78 is 0. The molecular weight excluding hydrogens is 110 g/mol. The molecule has 1 aliphatic carbocycles. The van der Waals surface area contributed by atoms with Crippen molar-refractivity contribution < 1.29 is 0 Å². The molecule has 0 aromatic rings. The number of rotatable bonds is 0. The fourth-order valence-corrected chi connectivity index (χ4v) is 1.10. The van der Waals surface area contributed by atoms with E-state index in [1.165, 1.54) is 11.1 Å². The van der Waals surface area contributed by atoms with Crippen LogP contribution in [-0.2, 0) is 0 Å². The molecule has 0 spiro atoms. The molecule has 1 nitrogen and oxygen atoms in total. The molecule has 9 heavy (non-hydrogen) atoms. The standard InChI is InChI=1S/C8H7N/c1-6-4-7-2-3-9-8(7)5-6/h2-5H,1H3. The summed E-state index contributed by atoms with van der Waals surface area (Å²) in [5.41, 5.74) is 3.67. The molecule has 0 saturated carbocycles. The average molecular weight is 117 g/mol. The highest BCUT2D eigenvalue weighted by Crippen LogP contribution is 2.26. The summed E-state index contributed by atoms with van der Waals surface area (Å²) in [5, 5.41) is 0. The summed E-state index contributed by atoms with van der Waals surface area (Å²) in [5.74, 6) is 0. The normalized spacial score (nSPS) is 21.2. The fraction of sp³-hybridized carbons (Fsp3) is 0.125. The molecule has 0 N–H and O–H groups in total. The highest BCUT2D eigenvalue weighted by molar-refractivity contribution is 5.82. The maximum absolute atomic E-state index is 4.14. The molecule has 44 valence electrons. The molecule has 0 radical (unpaired) electrons. The molecule has 0 atom stereocenters. The molecule has 0 aromatic carbocycles. The van der Waals surface area contributed by atoms with Gasteiger partial charge in [-0.25, -0.2) is 0 Å². The van der Waals surface area contributed by atoms with Crippen LogP contribution in [0, 0.1) is 0 Å². The molecule has 1 heterocycles. The Bertz CT molecular complexity index is 264. The van der Waals surface area contributed by atoms with Crippen LogP contribution in [-0.4, -0.2) is 6.21 Å². The monoisotopic (exact) mass is 117 g/mol. The van der Waals surface area contributed by atoms with E-state index in [1.54, 1.807) is 0 Å². The molecule has 1 aliphatic heterocycles. The number of nitrogens with zero attached hydrogens (tertiary/aromatic N) is 1. The Labute approximate surface area is 54.1 Å². The Morgan fingerprint density at radius 3 is 3.00 bits per heavy atom. The Balaban J connectivity index is 2.53. The summed E-state index contributed by atoms with van der Waals surface area (Å²) in [7, 11) is 0. The van der Waals surface area contributed by atoms with Gasteiger partial charge < -0.3 is 0 Å². The van der Waals surface area contributed by atoms with Crippen molar-refractivity contribution in [3.05, 3.63) is 35.1 Å². The third kappa shape index (κ3) is 0.578. The molecule has 0 bridgehead atoms. The lowest BCUT2D eigenvalue weighted by Crippen LogP contribution is -1.66. The average Bonchev–Trinajstić information content (AvgIpc) is 2.22. The second-order valence-corrected chi connectivity index (χ2v) is 2.32. The number of allylic oxidation sites excluding steroid dienone is 4. The van der Waals surface area contributed by atoms with Gasteiger partial charge in [0.15, 0.2) is 0 Å². The molecule has 2 rings (SSSR count). The Kier molecular flexibility index (Phi) is 0.758. The lowest BCUT2D eigenvalue weighted by Gasteiger charge is -1.84. The molecule has 0 aromatic heterocycles. The van der Waals surface area contributed by atoms with Crippen LogP contribution >= 0.6 is 0 Å². The maximum atomic E-state index is 4.14. The van der Waals surface area contributed by atoms with Crippen LogP contribution in [0.1, 0.15) is 6.92 Å². The van der Waals surface area contributed by atoms with E-state index in [0.717, 1.165) is 5.70 Å². The van der Waals surface area contributed by atoms with Gasteiger partial charge >= 0.3 is 0 Å². The minimum Gasteiger partial charge on any atom is -0.256 e. The van der Waals surface area contributed by atoms with Crippen LogP contribution in [0.5, 0.6) is 0 Å². The van der Waals surface area contributed by atoms with Gasteiger partial charge in [-0.1, -0.05) is 0 Å². The number of fused-ring (bicyclic) bond motifs is 1. The third-order valence-electron chi connectivity index (χ3n) is 1.51. The van der Waals surface area contributed by atoms with Gasteiger partial charge in [-0.05, 0) is 30.7 Å². The van der Waals surface area contributed by atoms with Crippen LogP contribution in [0.4, 0.5) is 0 Å². The molecule has 0 fully saturated rings. The molecule has 1 heteroatoms. The van der Waals surface area contributed by atoms with Gasteiger partial charge in [0.05, 0.1) is 5.70 Å². The number of hydrogen-bond acceptors (Lipinski definition) is 1. The smallest absolute Gasteiger partial charge is 0.0705 e. The van der Waals surface area contributed by atoms with Crippen molar-refractivity contribution in [1.82, 2.24) is 0 Å². The van der Waals surface area contributed by atoms with Gasteiger partial charge in [0, 0.05) is 11.8 Å². The minimum atomic E-state index is 1.12. The highest BCUT2D eigenvalue weighted by Gasteiger charge is 2.10. The van der Waals surface area contributed by atoms with E-state index in [0.29, 0.717) is 0 Å². The zero-order valence-electron chi connectivity index (χ0n) is 5.26. The van der Waals surface area contributed by atoms with E-state index >= 15 is 0 Å². The molecule has 2 aliphatic rings. The van der Waals surface area contributed by atoms with E-state index in [1.807, 2.05) is 12.3 Å². The lowest BCUT2D eigenvalue weighted by atomic mass is 10.2. The summed E-state index contributed by atoms with van der Waals surface area (Å²) in [6.07, 6.45) is 8.10. The zero-order valence-corrected chi connectivity index (χ0v) is 5.26. The summed E-state index contributed by atoms with van der Waals surface area (Å²) in [6, 6.07) is 0. The van der Waals surface area contributed by atoms with Crippen LogP contribution in [0.2, 0.25) is 0 Å². The molecule has 0 saturated heterocycles. The van der Waals surface area contributed by atoms with E-state index in [-0.39, 0.29) is 0 Å². The number of hydrogen-bond donors (Lipinski definition) is 0. The Morgan fingerprint density at radius 2 is 2.22 bits per heavy atom. The first-order valence-corrected chi connectivity index (χ1v) is 3.01. The van der Waals surface area contributed by atoms with E-state index in [9.17, 15) is 0 Å². The van der Waals surface area contributed by atoms with Crippen molar-refractivity contribution in [2.45, 2.75) is 6.92 Å². The van der Waals surface area contributed by atoms with Gasteiger partial charge in [-0.15, -0.1) is 0 Å². The van der Waals surface area contributed by atoms with Crippen molar-refractivity contribution >= 4 is 6.21 Å². The van der Waals surface area contributed by atoms with Crippen LogP contribution in [0.3, 0.4) is 0 Å². The Morgan fingerprint density at radius 1 is 1.33 bits per heavy atom. The van der Waals surface area contributed by atoms with Crippen LogP contribution < -0.4 is 0 Å². The highest BCUT2D eigenvalue weighted by atomic mass is 14.8. The van der Waals surface area contributed by atoms with E-state index < -0.39 is 0 Å². The zero-order chi connectivity index (χ0) is 6.27. The number of aliphatic imine (C=N–C) groups is 1. The van der Waals surface area contributed by atoms with Gasteiger partial charge in [-0.2, -0.15) is 0 Å². The van der Waals surface area contributed by atoms with Crippen molar-refractivity contribution in [2.24, 2.45) is 4.99 Å². The SMILES string of the molecule is CC1=CC2=CC=NC2=C1. The predicted molar refractivity (Wildman–Crippen MR) is 38.4 cm³/mol. The second kappa shape index (κ2) is 1.44. The maximum Gasteiger partial charge on any atom is 0.0705 e. The van der Waals surface area contributed by atoms with Crippen LogP contribution in [0.15, 0.2) is 40.1 Å². The first kappa shape index (κ1) is 4.74. The molecule has 0 amide bonds. The van der Waals surface area contributed by atoms with Gasteiger partial charge in [0.2, 0.25) is 0 Å². The topological polar surface area (TPSA) is 12.4 Å². The predicted octanol–water partition coefficient (Wildman–Crippen LogP) is 1.84. The summed E-state index contributed by atoms with van der Waals surface area (Å²) >= 11 is 0. The quantitative estimate of drug-likeness (QED) is 0.459. The van der Waals surface area contributed by atoms with Crippen molar-refractivity contribution in [1.29, 1.82) is 0 Å².